The van der Waals surface area contributed by atoms with Crippen LogP contribution in [0, 0.1) is 11.3 Å². The van der Waals surface area contributed by atoms with Crippen LogP contribution in [-0.2, 0) is 29.2 Å². The Morgan fingerprint density at radius 1 is 1.38 bits per heavy atom. The molecule has 1 atom stereocenters. The Labute approximate surface area is 149 Å². The molecule has 3 rings (SSSR count). The molecule has 0 radical (unpaired) electrons. The second-order valence-electron chi connectivity index (χ2n) is 5.76. The average Bonchev–Trinajstić information content (AvgIpc) is 2.88. The van der Waals surface area contributed by atoms with E-state index >= 15 is 0 Å². The van der Waals surface area contributed by atoms with Crippen molar-refractivity contribution in [3.05, 3.63) is 52.8 Å². The fraction of sp³-hybridized carbons (Fsp3) is 0.278. The average molecular weight is 355 g/mol. The van der Waals surface area contributed by atoms with Gasteiger partial charge >= 0.3 is 0 Å². The number of anilines is 1. The lowest BCUT2D eigenvalue weighted by atomic mass is 9.68. The SMILES string of the molecule is COCCOC1=C(C(C)=O)[C@]2(C(=O)Nc3ccccc32)C(C#N)=C(N)O1. The van der Waals surface area contributed by atoms with Gasteiger partial charge in [0.1, 0.15) is 23.8 Å². The molecule has 2 aliphatic heterocycles. The van der Waals surface area contributed by atoms with E-state index in [2.05, 4.69) is 5.32 Å². The van der Waals surface area contributed by atoms with Gasteiger partial charge in [-0.05, 0) is 13.0 Å². The number of methoxy groups -OCH3 is 1. The van der Waals surface area contributed by atoms with Gasteiger partial charge in [-0.2, -0.15) is 5.26 Å². The highest BCUT2D eigenvalue weighted by Crippen LogP contribution is 2.51. The summed E-state index contributed by atoms with van der Waals surface area (Å²) in [7, 11) is 1.50. The molecule has 0 unspecified atom stereocenters. The quantitative estimate of drug-likeness (QED) is 0.757. The van der Waals surface area contributed by atoms with Crippen LogP contribution >= 0.6 is 0 Å². The van der Waals surface area contributed by atoms with Crippen LogP contribution in [0.4, 0.5) is 5.69 Å². The number of hydrogen-bond donors (Lipinski definition) is 2. The molecule has 26 heavy (non-hydrogen) atoms. The molecule has 1 amide bonds. The van der Waals surface area contributed by atoms with E-state index in [4.69, 9.17) is 19.9 Å². The van der Waals surface area contributed by atoms with E-state index in [0.29, 0.717) is 11.3 Å². The number of benzene rings is 1. The molecule has 0 saturated heterocycles. The summed E-state index contributed by atoms with van der Waals surface area (Å²) in [4.78, 5) is 25.6. The zero-order chi connectivity index (χ0) is 18.9. The smallest absolute Gasteiger partial charge is 0.294 e. The zero-order valence-corrected chi connectivity index (χ0v) is 14.3. The van der Waals surface area contributed by atoms with Crippen LogP contribution in [0.1, 0.15) is 12.5 Å². The number of nitrogens with two attached hydrogens (primary N) is 1. The number of amides is 1. The number of nitrogens with zero attached hydrogens (tertiary/aromatic N) is 1. The van der Waals surface area contributed by atoms with Crippen molar-refractivity contribution in [3.8, 4) is 6.07 Å². The van der Waals surface area contributed by atoms with Gasteiger partial charge in [0.25, 0.3) is 5.95 Å². The minimum atomic E-state index is -1.71. The summed E-state index contributed by atoms with van der Waals surface area (Å²) in [6, 6.07) is 8.74. The Balaban J connectivity index is 2.30. The molecule has 0 aliphatic carbocycles. The first-order valence-electron chi connectivity index (χ1n) is 7.85. The summed E-state index contributed by atoms with van der Waals surface area (Å²) in [6.07, 6.45) is 0. The van der Waals surface area contributed by atoms with Crippen molar-refractivity contribution in [2.75, 3.05) is 25.6 Å². The normalized spacial score (nSPS) is 21.2. The molecule has 2 heterocycles. The molecule has 1 aromatic carbocycles. The van der Waals surface area contributed by atoms with E-state index in [0.717, 1.165) is 0 Å². The number of carbonyl (C=O) groups excluding carboxylic acids is 2. The summed E-state index contributed by atoms with van der Waals surface area (Å²) in [6.45, 7) is 1.60. The molecule has 2 aliphatic rings. The number of fused-ring (bicyclic) bond motifs is 2. The molecule has 3 N–H and O–H groups in total. The Morgan fingerprint density at radius 3 is 2.77 bits per heavy atom. The van der Waals surface area contributed by atoms with Gasteiger partial charge in [0.15, 0.2) is 11.2 Å². The lowest BCUT2D eigenvalue weighted by Gasteiger charge is -2.33. The molecule has 0 saturated carbocycles. The third-order valence-corrected chi connectivity index (χ3v) is 4.31. The summed E-state index contributed by atoms with van der Waals surface area (Å²) >= 11 is 0. The summed E-state index contributed by atoms with van der Waals surface area (Å²) in [5, 5.41) is 12.4. The fourth-order valence-corrected chi connectivity index (χ4v) is 3.28. The summed E-state index contributed by atoms with van der Waals surface area (Å²) < 4.78 is 15.8. The van der Waals surface area contributed by atoms with Gasteiger partial charge < -0.3 is 25.3 Å². The molecule has 134 valence electrons. The summed E-state index contributed by atoms with van der Waals surface area (Å²) in [5.74, 6) is -1.50. The molecule has 8 nitrogen and oxygen atoms in total. The molecule has 1 spiro atoms. The zero-order valence-electron chi connectivity index (χ0n) is 14.3. The topological polar surface area (TPSA) is 124 Å². The van der Waals surface area contributed by atoms with E-state index in [1.807, 2.05) is 6.07 Å². The molecule has 8 heteroatoms. The van der Waals surface area contributed by atoms with Gasteiger partial charge in [0, 0.05) is 18.4 Å². The number of Topliss-reactive ketones (excluding diaryl/α,β-unsaturated/α-hetero) is 1. The van der Waals surface area contributed by atoms with E-state index in [9.17, 15) is 14.9 Å². The Kier molecular flexibility index (Phi) is 4.40. The van der Waals surface area contributed by atoms with Crippen LogP contribution in [0.3, 0.4) is 0 Å². The molecular weight excluding hydrogens is 338 g/mol. The van der Waals surface area contributed by atoms with Crippen molar-refractivity contribution < 1.29 is 23.8 Å². The third-order valence-electron chi connectivity index (χ3n) is 4.31. The monoisotopic (exact) mass is 355 g/mol. The van der Waals surface area contributed by atoms with Crippen molar-refractivity contribution >= 4 is 17.4 Å². The van der Waals surface area contributed by atoms with Gasteiger partial charge in [0.2, 0.25) is 11.8 Å². The highest BCUT2D eigenvalue weighted by atomic mass is 16.7. The van der Waals surface area contributed by atoms with Gasteiger partial charge in [-0.3, -0.25) is 9.59 Å². The largest absolute Gasteiger partial charge is 0.462 e. The van der Waals surface area contributed by atoms with Crippen molar-refractivity contribution in [3.63, 3.8) is 0 Å². The number of carbonyl (C=O) groups is 2. The first-order valence-corrected chi connectivity index (χ1v) is 7.85. The molecule has 0 bridgehead atoms. The summed E-state index contributed by atoms with van der Waals surface area (Å²) in [5.41, 5.74) is 4.94. The minimum absolute atomic E-state index is 0.0678. The predicted octanol–water partition coefficient (Wildman–Crippen LogP) is 1.06. The number of rotatable bonds is 5. The maximum atomic E-state index is 13.0. The van der Waals surface area contributed by atoms with Crippen molar-refractivity contribution in [1.29, 1.82) is 5.26 Å². The van der Waals surface area contributed by atoms with Gasteiger partial charge in [-0.15, -0.1) is 0 Å². The van der Waals surface area contributed by atoms with Crippen LogP contribution in [0.2, 0.25) is 0 Å². The van der Waals surface area contributed by atoms with Gasteiger partial charge in [0.05, 0.1) is 6.61 Å². The number of ether oxygens (including phenoxy) is 3. The van der Waals surface area contributed by atoms with E-state index in [-0.39, 0.29) is 36.2 Å². The van der Waals surface area contributed by atoms with Crippen LogP contribution < -0.4 is 11.1 Å². The van der Waals surface area contributed by atoms with E-state index < -0.39 is 17.1 Å². The molecule has 0 fully saturated rings. The van der Waals surface area contributed by atoms with Crippen molar-refractivity contribution in [1.82, 2.24) is 0 Å². The van der Waals surface area contributed by atoms with Gasteiger partial charge in [-0.1, -0.05) is 18.2 Å². The van der Waals surface area contributed by atoms with Crippen LogP contribution in [0.25, 0.3) is 0 Å². The van der Waals surface area contributed by atoms with Crippen LogP contribution in [0.15, 0.2) is 47.2 Å². The minimum Gasteiger partial charge on any atom is -0.462 e. The maximum Gasteiger partial charge on any atom is 0.294 e. The standard InChI is InChI=1S/C18H17N3O5/c1-10(22)14-16(25-8-7-24-2)26-15(20)12(9-19)18(14)11-5-3-4-6-13(11)21-17(18)23/h3-6H,7-8,20H2,1-2H3,(H,21,23)/t18-/m1/s1. The Bertz CT molecular complexity index is 896. The predicted molar refractivity (Wildman–Crippen MR) is 90.2 cm³/mol. The number of nitriles is 1. The second kappa shape index (κ2) is 6.54. The van der Waals surface area contributed by atoms with Gasteiger partial charge in [-0.25, -0.2) is 0 Å². The highest BCUT2D eigenvalue weighted by molar-refractivity contribution is 6.18. The number of ketones is 1. The first-order chi connectivity index (χ1) is 12.5. The molecule has 0 aromatic heterocycles. The van der Waals surface area contributed by atoms with Crippen molar-refractivity contribution in [2.45, 2.75) is 12.3 Å². The lowest BCUT2D eigenvalue weighted by molar-refractivity contribution is -0.122. The third kappa shape index (κ3) is 2.33. The first kappa shape index (κ1) is 17.5. The van der Waals surface area contributed by atoms with E-state index in [1.165, 1.54) is 14.0 Å². The van der Waals surface area contributed by atoms with Crippen molar-refractivity contribution in [2.24, 2.45) is 5.73 Å². The highest BCUT2D eigenvalue weighted by Gasteiger charge is 2.59. The van der Waals surface area contributed by atoms with E-state index in [1.54, 1.807) is 24.3 Å². The maximum absolute atomic E-state index is 13.0. The lowest BCUT2D eigenvalue weighted by Crippen LogP contribution is -2.45. The number of nitrogens with one attached hydrogen (secondary N) is 1. The Morgan fingerprint density at radius 2 is 2.12 bits per heavy atom. The Hall–Kier alpha value is -3.31. The van der Waals surface area contributed by atoms with Crippen LogP contribution in [0.5, 0.6) is 0 Å². The van der Waals surface area contributed by atoms with Crippen LogP contribution in [-0.4, -0.2) is 32.0 Å². The number of hydrogen-bond acceptors (Lipinski definition) is 7. The fourth-order valence-electron chi connectivity index (χ4n) is 3.28. The molecule has 1 aromatic rings. The second-order valence-corrected chi connectivity index (χ2v) is 5.76. The molecular formula is C18H17N3O5. The number of para-hydroxylation sites is 1.